The van der Waals surface area contributed by atoms with Crippen LogP contribution in [0.2, 0.25) is 0 Å². The molecule has 1 atom stereocenters. The maximum Gasteiger partial charge on any atom is 0.210 e. The van der Waals surface area contributed by atoms with Crippen molar-refractivity contribution in [1.82, 2.24) is 5.32 Å². The fourth-order valence-corrected chi connectivity index (χ4v) is 1.64. The molecule has 0 radical (unpaired) electrons. The number of hydrogen-bond acceptors (Lipinski definition) is 2. The van der Waals surface area contributed by atoms with Crippen molar-refractivity contribution in [3.63, 3.8) is 0 Å². The molecule has 1 N–H and O–H groups in total. The number of nitrogens with one attached hydrogen (secondary N) is 1. The highest BCUT2D eigenvalue weighted by atomic mass is 16.1. The van der Waals surface area contributed by atoms with Crippen LogP contribution in [0.1, 0.15) is 12.0 Å². The molecule has 1 aliphatic rings. The van der Waals surface area contributed by atoms with E-state index in [1.807, 2.05) is 30.3 Å². The maximum absolute atomic E-state index is 11.6. The molecule has 0 bridgehead atoms. The van der Waals surface area contributed by atoms with Crippen LogP contribution in [0.5, 0.6) is 0 Å². The number of carbonyl (C=O) groups excluding carboxylic acids is 1. The Morgan fingerprint density at radius 3 is 2.80 bits per heavy atom. The SMILES string of the molecule is O=C(C#Cc1ccccc1)C1CCNC1. The molecule has 1 fully saturated rings. The average Bonchev–Trinajstić information content (AvgIpc) is 2.81. The van der Waals surface area contributed by atoms with Gasteiger partial charge in [0.05, 0.1) is 0 Å². The first-order valence-corrected chi connectivity index (χ1v) is 5.18. The molecule has 1 unspecified atom stereocenters. The van der Waals surface area contributed by atoms with Crippen molar-refractivity contribution in [3.8, 4) is 11.8 Å². The van der Waals surface area contributed by atoms with Crippen LogP contribution in [-0.4, -0.2) is 18.9 Å². The molecule has 1 aromatic rings. The Hall–Kier alpha value is -1.59. The molecule has 2 rings (SSSR count). The molecule has 1 saturated heterocycles. The summed E-state index contributed by atoms with van der Waals surface area (Å²) in [4.78, 5) is 11.6. The third-order valence-corrected chi connectivity index (χ3v) is 2.53. The summed E-state index contributed by atoms with van der Waals surface area (Å²) < 4.78 is 0. The summed E-state index contributed by atoms with van der Waals surface area (Å²) in [6.45, 7) is 1.71. The standard InChI is InChI=1S/C13H13NO/c15-13(12-8-9-14-10-12)7-6-11-4-2-1-3-5-11/h1-5,12,14H,8-10H2. The minimum atomic E-state index is 0.0591. The molecule has 0 amide bonds. The van der Waals surface area contributed by atoms with E-state index in [1.165, 1.54) is 0 Å². The third kappa shape index (κ3) is 2.68. The highest BCUT2D eigenvalue weighted by Gasteiger charge is 2.20. The summed E-state index contributed by atoms with van der Waals surface area (Å²) in [5.41, 5.74) is 0.900. The van der Waals surface area contributed by atoms with E-state index < -0.39 is 0 Å². The van der Waals surface area contributed by atoms with Gasteiger partial charge in [-0.15, -0.1) is 0 Å². The van der Waals surface area contributed by atoms with Gasteiger partial charge in [0.15, 0.2) is 0 Å². The van der Waals surface area contributed by atoms with E-state index >= 15 is 0 Å². The lowest BCUT2D eigenvalue weighted by Gasteiger charge is -1.98. The maximum atomic E-state index is 11.6. The van der Waals surface area contributed by atoms with Crippen LogP contribution < -0.4 is 5.32 Å². The van der Waals surface area contributed by atoms with Crippen molar-refractivity contribution in [1.29, 1.82) is 0 Å². The van der Waals surface area contributed by atoms with Crippen LogP contribution in [-0.2, 0) is 4.79 Å². The summed E-state index contributed by atoms with van der Waals surface area (Å²) >= 11 is 0. The second kappa shape index (κ2) is 4.77. The van der Waals surface area contributed by atoms with Gasteiger partial charge in [0, 0.05) is 18.0 Å². The molecule has 1 aromatic carbocycles. The van der Waals surface area contributed by atoms with Crippen LogP contribution >= 0.6 is 0 Å². The van der Waals surface area contributed by atoms with Crippen molar-refractivity contribution in [2.45, 2.75) is 6.42 Å². The minimum Gasteiger partial charge on any atom is -0.316 e. The summed E-state index contributed by atoms with van der Waals surface area (Å²) in [6.07, 6.45) is 0.919. The smallest absolute Gasteiger partial charge is 0.210 e. The van der Waals surface area contributed by atoms with Gasteiger partial charge in [0.1, 0.15) is 0 Å². The van der Waals surface area contributed by atoms with Gasteiger partial charge in [-0.05, 0) is 31.0 Å². The van der Waals surface area contributed by atoms with E-state index in [9.17, 15) is 4.79 Å². The van der Waals surface area contributed by atoms with Gasteiger partial charge < -0.3 is 5.32 Å². The van der Waals surface area contributed by atoms with E-state index in [-0.39, 0.29) is 11.7 Å². The number of hydrogen-bond donors (Lipinski definition) is 1. The van der Waals surface area contributed by atoms with E-state index in [0.717, 1.165) is 25.1 Å². The lowest BCUT2D eigenvalue weighted by molar-refractivity contribution is -0.116. The second-order valence-corrected chi connectivity index (χ2v) is 3.67. The van der Waals surface area contributed by atoms with Crippen LogP contribution in [0.3, 0.4) is 0 Å². The first kappa shape index (κ1) is 9.95. The monoisotopic (exact) mass is 199 g/mol. The molecule has 0 spiro atoms. The van der Waals surface area contributed by atoms with E-state index in [4.69, 9.17) is 0 Å². The van der Waals surface area contributed by atoms with Crippen molar-refractivity contribution >= 4 is 5.78 Å². The van der Waals surface area contributed by atoms with Crippen LogP contribution in [0.25, 0.3) is 0 Å². The van der Waals surface area contributed by atoms with Gasteiger partial charge in [0.25, 0.3) is 0 Å². The normalized spacial score (nSPS) is 19.3. The van der Waals surface area contributed by atoms with E-state index in [0.29, 0.717) is 0 Å². The highest BCUT2D eigenvalue weighted by Crippen LogP contribution is 2.07. The van der Waals surface area contributed by atoms with E-state index in [2.05, 4.69) is 17.2 Å². The Kier molecular flexibility index (Phi) is 3.16. The Bertz CT molecular complexity index is 394. The summed E-state index contributed by atoms with van der Waals surface area (Å²) in [5, 5.41) is 3.16. The molecule has 0 aliphatic carbocycles. The third-order valence-electron chi connectivity index (χ3n) is 2.53. The minimum absolute atomic E-state index is 0.0591. The lowest BCUT2D eigenvalue weighted by Crippen LogP contribution is -2.15. The van der Waals surface area contributed by atoms with Crippen LogP contribution in [0, 0.1) is 17.8 Å². The fourth-order valence-electron chi connectivity index (χ4n) is 1.64. The molecule has 0 saturated carbocycles. The molecule has 15 heavy (non-hydrogen) atoms. The molecule has 1 aliphatic heterocycles. The van der Waals surface area contributed by atoms with Gasteiger partial charge in [0.2, 0.25) is 5.78 Å². The summed E-state index contributed by atoms with van der Waals surface area (Å²) in [5.74, 6) is 5.76. The number of ketones is 1. The quantitative estimate of drug-likeness (QED) is 0.689. The number of rotatable bonds is 1. The van der Waals surface area contributed by atoms with Crippen molar-refractivity contribution in [2.24, 2.45) is 5.92 Å². The lowest BCUT2D eigenvalue weighted by atomic mass is 10.0. The zero-order chi connectivity index (χ0) is 10.5. The molecule has 2 heteroatoms. The van der Waals surface area contributed by atoms with Gasteiger partial charge in [-0.1, -0.05) is 24.1 Å². The molecule has 2 nitrogen and oxygen atoms in total. The molecule has 76 valence electrons. The number of Topliss-reactive ketones (excluding diaryl/α,β-unsaturated/α-hetero) is 1. The van der Waals surface area contributed by atoms with Crippen molar-refractivity contribution < 1.29 is 4.79 Å². The van der Waals surface area contributed by atoms with Gasteiger partial charge in [-0.2, -0.15) is 0 Å². The van der Waals surface area contributed by atoms with E-state index in [1.54, 1.807) is 0 Å². The Balaban J connectivity index is 2.02. The molecular formula is C13H13NO. The van der Waals surface area contributed by atoms with Crippen molar-refractivity contribution in [2.75, 3.05) is 13.1 Å². The average molecular weight is 199 g/mol. The first-order valence-electron chi connectivity index (χ1n) is 5.18. The summed E-state index contributed by atoms with van der Waals surface area (Å²) in [7, 11) is 0. The number of carbonyl (C=O) groups is 1. The zero-order valence-corrected chi connectivity index (χ0v) is 8.49. The zero-order valence-electron chi connectivity index (χ0n) is 8.49. The predicted octanol–water partition coefficient (Wildman–Crippen LogP) is 1.22. The predicted molar refractivity (Wildman–Crippen MR) is 59.3 cm³/mol. The first-order chi connectivity index (χ1) is 7.36. The highest BCUT2D eigenvalue weighted by molar-refractivity contribution is 5.98. The van der Waals surface area contributed by atoms with Gasteiger partial charge >= 0.3 is 0 Å². The molecular weight excluding hydrogens is 186 g/mol. The largest absolute Gasteiger partial charge is 0.316 e. The Morgan fingerprint density at radius 1 is 1.33 bits per heavy atom. The Morgan fingerprint density at radius 2 is 2.13 bits per heavy atom. The Labute approximate surface area is 89.7 Å². The summed E-state index contributed by atoms with van der Waals surface area (Å²) in [6, 6.07) is 9.60. The van der Waals surface area contributed by atoms with Gasteiger partial charge in [-0.25, -0.2) is 0 Å². The number of benzene rings is 1. The molecule has 0 aromatic heterocycles. The van der Waals surface area contributed by atoms with Crippen LogP contribution in [0.4, 0.5) is 0 Å². The molecule has 1 heterocycles. The second-order valence-electron chi connectivity index (χ2n) is 3.67. The fraction of sp³-hybridized carbons (Fsp3) is 0.308. The topological polar surface area (TPSA) is 29.1 Å². The van der Waals surface area contributed by atoms with Crippen molar-refractivity contribution in [3.05, 3.63) is 35.9 Å². The van der Waals surface area contributed by atoms with Crippen LogP contribution in [0.15, 0.2) is 30.3 Å². The van der Waals surface area contributed by atoms with Gasteiger partial charge in [-0.3, -0.25) is 4.79 Å².